The number of anilines is 1. The van der Waals surface area contributed by atoms with Gasteiger partial charge in [0.05, 0.1) is 0 Å². The lowest BCUT2D eigenvalue weighted by atomic mass is 9.84. The van der Waals surface area contributed by atoms with Crippen molar-refractivity contribution in [1.82, 2.24) is 4.98 Å². The number of nitrogens with two attached hydrogens (primary N) is 1. The molecule has 0 radical (unpaired) electrons. The van der Waals surface area contributed by atoms with Crippen molar-refractivity contribution < 1.29 is 0 Å². The molecule has 1 aliphatic rings. The quantitative estimate of drug-likeness (QED) is 0.820. The molecular weight excluding hydrogens is 242 g/mol. The Morgan fingerprint density at radius 3 is 2.94 bits per heavy atom. The van der Waals surface area contributed by atoms with Crippen LogP contribution in [-0.2, 0) is 0 Å². The molecule has 2 atom stereocenters. The maximum atomic E-state index is 5.56. The van der Waals surface area contributed by atoms with Crippen molar-refractivity contribution in [2.45, 2.75) is 45.1 Å². The Bertz CT molecular complexity index is 402. The molecular formula is C14H21N3S. The van der Waals surface area contributed by atoms with E-state index in [1.807, 2.05) is 12.1 Å². The van der Waals surface area contributed by atoms with E-state index in [2.05, 4.69) is 17.2 Å². The van der Waals surface area contributed by atoms with Crippen molar-refractivity contribution in [3.05, 3.63) is 23.9 Å². The molecule has 0 aliphatic heterocycles. The molecule has 3 N–H and O–H groups in total. The van der Waals surface area contributed by atoms with Crippen LogP contribution in [0.2, 0.25) is 0 Å². The summed E-state index contributed by atoms with van der Waals surface area (Å²) in [4.78, 5) is 4.77. The number of thiocarbonyl (C=S) groups is 1. The highest BCUT2D eigenvalue weighted by molar-refractivity contribution is 7.80. The molecule has 1 aromatic heterocycles. The highest BCUT2D eigenvalue weighted by Gasteiger charge is 2.20. The van der Waals surface area contributed by atoms with Crippen LogP contribution in [0.3, 0.4) is 0 Å². The van der Waals surface area contributed by atoms with E-state index in [4.69, 9.17) is 18.0 Å². The predicted molar refractivity (Wildman–Crippen MR) is 79.8 cm³/mol. The van der Waals surface area contributed by atoms with Crippen LogP contribution in [0, 0.1) is 5.92 Å². The molecule has 0 bridgehead atoms. The number of nitrogens with one attached hydrogen (secondary N) is 1. The summed E-state index contributed by atoms with van der Waals surface area (Å²) in [5.41, 5.74) is 6.38. The number of aromatic nitrogens is 1. The number of hydrogen-bond donors (Lipinski definition) is 2. The van der Waals surface area contributed by atoms with Crippen LogP contribution in [0.25, 0.3) is 0 Å². The van der Waals surface area contributed by atoms with Gasteiger partial charge < -0.3 is 11.1 Å². The number of pyridine rings is 1. The monoisotopic (exact) mass is 263 g/mol. The Kier molecular flexibility index (Phi) is 4.53. The zero-order chi connectivity index (χ0) is 13.0. The SMILES string of the molecule is CCC1CCCC(Nc2ccc(C(N)=S)cn2)C1. The van der Waals surface area contributed by atoms with Gasteiger partial charge in [-0.25, -0.2) is 4.98 Å². The number of hydrogen-bond acceptors (Lipinski definition) is 3. The lowest BCUT2D eigenvalue weighted by Crippen LogP contribution is -2.27. The maximum absolute atomic E-state index is 5.56. The molecule has 98 valence electrons. The van der Waals surface area contributed by atoms with Gasteiger partial charge >= 0.3 is 0 Å². The molecule has 1 aliphatic carbocycles. The van der Waals surface area contributed by atoms with Gasteiger partial charge in [-0.05, 0) is 30.9 Å². The molecule has 2 rings (SSSR count). The topological polar surface area (TPSA) is 50.9 Å². The Morgan fingerprint density at radius 1 is 1.50 bits per heavy atom. The first-order valence-corrected chi connectivity index (χ1v) is 7.12. The predicted octanol–water partition coefficient (Wildman–Crippen LogP) is 3.10. The summed E-state index contributed by atoms with van der Waals surface area (Å²) in [5, 5.41) is 3.52. The van der Waals surface area contributed by atoms with Gasteiger partial charge in [-0.2, -0.15) is 0 Å². The van der Waals surface area contributed by atoms with Crippen LogP contribution >= 0.6 is 12.2 Å². The third kappa shape index (κ3) is 3.42. The molecule has 1 fully saturated rings. The molecule has 0 spiro atoms. The molecule has 0 amide bonds. The second-order valence-electron chi connectivity index (χ2n) is 5.08. The van der Waals surface area contributed by atoms with Crippen molar-refractivity contribution in [2.75, 3.05) is 5.32 Å². The summed E-state index contributed by atoms with van der Waals surface area (Å²) in [7, 11) is 0. The van der Waals surface area contributed by atoms with Crippen LogP contribution < -0.4 is 11.1 Å². The summed E-state index contributed by atoms with van der Waals surface area (Å²) >= 11 is 4.92. The van der Waals surface area contributed by atoms with Crippen molar-refractivity contribution in [2.24, 2.45) is 11.7 Å². The molecule has 0 aromatic carbocycles. The number of rotatable bonds is 4. The zero-order valence-electron chi connectivity index (χ0n) is 10.9. The van der Waals surface area contributed by atoms with Crippen LogP contribution in [-0.4, -0.2) is 16.0 Å². The van der Waals surface area contributed by atoms with E-state index in [0.717, 1.165) is 17.3 Å². The van der Waals surface area contributed by atoms with E-state index >= 15 is 0 Å². The summed E-state index contributed by atoms with van der Waals surface area (Å²) in [6.45, 7) is 2.28. The lowest BCUT2D eigenvalue weighted by molar-refractivity contribution is 0.327. The lowest BCUT2D eigenvalue weighted by Gasteiger charge is -2.29. The van der Waals surface area contributed by atoms with Gasteiger partial charge in [0.25, 0.3) is 0 Å². The van der Waals surface area contributed by atoms with Gasteiger partial charge in [-0.3, -0.25) is 0 Å². The smallest absolute Gasteiger partial charge is 0.126 e. The van der Waals surface area contributed by atoms with Crippen LogP contribution in [0.1, 0.15) is 44.6 Å². The van der Waals surface area contributed by atoms with Crippen LogP contribution in [0.5, 0.6) is 0 Å². The number of nitrogens with zero attached hydrogens (tertiary/aromatic N) is 1. The van der Waals surface area contributed by atoms with Gasteiger partial charge in [-0.15, -0.1) is 0 Å². The minimum absolute atomic E-state index is 0.401. The third-order valence-electron chi connectivity index (χ3n) is 3.76. The summed E-state index contributed by atoms with van der Waals surface area (Å²) < 4.78 is 0. The first kappa shape index (κ1) is 13.3. The minimum Gasteiger partial charge on any atom is -0.389 e. The van der Waals surface area contributed by atoms with Gasteiger partial charge in [0.2, 0.25) is 0 Å². The third-order valence-corrected chi connectivity index (χ3v) is 4.00. The van der Waals surface area contributed by atoms with E-state index in [0.29, 0.717) is 11.0 Å². The average Bonchev–Trinajstić information content (AvgIpc) is 2.39. The Hall–Kier alpha value is -1.16. The van der Waals surface area contributed by atoms with Crippen molar-refractivity contribution in [3.8, 4) is 0 Å². The van der Waals surface area contributed by atoms with Gasteiger partial charge in [0, 0.05) is 17.8 Å². The largest absolute Gasteiger partial charge is 0.389 e. The van der Waals surface area contributed by atoms with Crippen LogP contribution in [0.4, 0.5) is 5.82 Å². The Morgan fingerprint density at radius 2 is 2.33 bits per heavy atom. The fourth-order valence-corrected chi connectivity index (χ4v) is 2.75. The maximum Gasteiger partial charge on any atom is 0.126 e. The van der Waals surface area contributed by atoms with E-state index < -0.39 is 0 Å². The molecule has 1 heterocycles. The summed E-state index contributed by atoms with van der Waals surface area (Å²) in [5.74, 6) is 1.80. The second-order valence-corrected chi connectivity index (χ2v) is 5.52. The van der Waals surface area contributed by atoms with E-state index in [1.165, 1.54) is 32.1 Å². The van der Waals surface area contributed by atoms with Gasteiger partial charge in [-0.1, -0.05) is 38.4 Å². The molecule has 0 saturated heterocycles. The standard InChI is InChI=1S/C14H21N3S/c1-2-10-4-3-5-12(8-10)17-13-7-6-11(9-16-13)14(15)18/h6-7,9-10,12H,2-5,8H2,1H3,(H2,15,18)(H,16,17). The van der Waals surface area contributed by atoms with E-state index in [9.17, 15) is 0 Å². The van der Waals surface area contributed by atoms with Crippen molar-refractivity contribution >= 4 is 23.0 Å². The van der Waals surface area contributed by atoms with Gasteiger partial charge in [0.1, 0.15) is 10.8 Å². The van der Waals surface area contributed by atoms with E-state index in [-0.39, 0.29) is 0 Å². The Balaban J connectivity index is 1.94. The molecule has 2 unspecified atom stereocenters. The van der Waals surface area contributed by atoms with Crippen LogP contribution in [0.15, 0.2) is 18.3 Å². The van der Waals surface area contributed by atoms with Crippen molar-refractivity contribution in [1.29, 1.82) is 0 Å². The summed E-state index contributed by atoms with van der Waals surface area (Å²) in [6.07, 6.45) is 8.23. The fraction of sp³-hybridized carbons (Fsp3) is 0.571. The normalized spacial score (nSPS) is 23.6. The molecule has 1 aromatic rings. The summed E-state index contributed by atoms with van der Waals surface area (Å²) in [6, 6.07) is 4.45. The fourth-order valence-electron chi connectivity index (χ4n) is 2.63. The first-order valence-electron chi connectivity index (χ1n) is 6.71. The molecule has 4 heteroatoms. The van der Waals surface area contributed by atoms with Crippen molar-refractivity contribution in [3.63, 3.8) is 0 Å². The first-order chi connectivity index (χ1) is 8.69. The van der Waals surface area contributed by atoms with E-state index in [1.54, 1.807) is 6.20 Å². The molecule has 18 heavy (non-hydrogen) atoms. The highest BCUT2D eigenvalue weighted by Crippen LogP contribution is 2.28. The second kappa shape index (κ2) is 6.14. The minimum atomic E-state index is 0.401. The Labute approximate surface area is 114 Å². The molecule has 3 nitrogen and oxygen atoms in total. The van der Waals surface area contributed by atoms with Gasteiger partial charge in [0.15, 0.2) is 0 Å². The zero-order valence-corrected chi connectivity index (χ0v) is 11.7. The molecule has 1 saturated carbocycles. The average molecular weight is 263 g/mol. The highest BCUT2D eigenvalue weighted by atomic mass is 32.1.